The van der Waals surface area contributed by atoms with Crippen LogP contribution in [0, 0.1) is 0 Å². The van der Waals surface area contributed by atoms with Crippen molar-refractivity contribution in [3.8, 4) is 34.0 Å². The topological polar surface area (TPSA) is 146 Å². The lowest BCUT2D eigenvalue weighted by Crippen LogP contribution is -2.28. The maximum absolute atomic E-state index is 13.5. The van der Waals surface area contributed by atoms with Crippen LogP contribution in [0.1, 0.15) is 67.2 Å². The van der Waals surface area contributed by atoms with Crippen molar-refractivity contribution in [2.24, 2.45) is 7.05 Å². The van der Waals surface area contributed by atoms with Gasteiger partial charge in [-0.25, -0.2) is 9.36 Å². The van der Waals surface area contributed by atoms with Crippen LogP contribution in [0.2, 0.25) is 0 Å². The highest BCUT2D eigenvalue weighted by Crippen LogP contribution is 2.38. The van der Waals surface area contributed by atoms with Crippen molar-refractivity contribution in [3.63, 3.8) is 0 Å². The Balaban J connectivity index is 0.000000184. The number of carbonyl (C=O) groups excluding carboxylic acids is 2. The Labute approximate surface area is 376 Å². The summed E-state index contributed by atoms with van der Waals surface area (Å²) in [6.07, 6.45) is 4.44. The third-order valence-corrected chi connectivity index (χ3v) is 11.6. The Morgan fingerprint density at radius 1 is 0.631 bits per heavy atom. The minimum Gasteiger partial charge on any atom is -0.493 e. The maximum Gasteiger partial charge on any atom is 0.291 e. The SMILES string of the molecule is CC(=O)c1c(-c2ccccc2)nn(C)c(=O)c1Nc1cccc2ccccc12.CCn1nc(-c2ccc(OC)c(OC3CCCC3)c2)c(C(C)=O)c(Nc2cccc3ccccc23)c1=O. The lowest BCUT2D eigenvalue weighted by Gasteiger charge is -2.19. The molecule has 0 spiro atoms. The van der Waals surface area contributed by atoms with Gasteiger partial charge in [-0.2, -0.15) is 10.2 Å². The molecular formula is C53H50N6O6. The number of nitrogens with zero attached hydrogens (tertiary/aromatic N) is 4. The van der Waals surface area contributed by atoms with Crippen LogP contribution in [0.3, 0.4) is 0 Å². The second-order valence-corrected chi connectivity index (χ2v) is 15.9. The number of ketones is 2. The predicted molar refractivity (Wildman–Crippen MR) is 258 cm³/mol. The molecule has 0 aliphatic heterocycles. The first-order valence-corrected chi connectivity index (χ1v) is 21.7. The number of hydrogen-bond donors (Lipinski definition) is 2. The number of fused-ring (bicyclic) bond motifs is 2. The zero-order valence-electron chi connectivity index (χ0n) is 37.1. The standard InChI is InChI=1S/C30H31N3O4.C23H19N3O2/c1-4-33-30(35)29(31-24-15-9-11-20-10-5-8-14-23(20)24)27(19(2)34)28(32-33)21-16-17-25(36-3)26(18-21)37-22-12-6-7-13-22;1-15(27)20-21(17-10-4-3-5-11-17)25-26(2)23(28)22(20)24-19-14-8-12-16-9-6-7-13-18(16)19/h5,8-11,14-18,22,31H,4,6-7,12-13H2,1-3H3;3-14,24H,1-2H3. The van der Waals surface area contributed by atoms with E-state index < -0.39 is 0 Å². The molecule has 6 aromatic carbocycles. The summed E-state index contributed by atoms with van der Waals surface area (Å²) in [5.74, 6) is 0.769. The number of ether oxygens (including phenoxy) is 2. The first kappa shape index (κ1) is 43.8. The molecule has 0 saturated heterocycles. The smallest absolute Gasteiger partial charge is 0.291 e. The van der Waals surface area contributed by atoms with Gasteiger partial charge >= 0.3 is 0 Å². The van der Waals surface area contributed by atoms with E-state index in [0.717, 1.165) is 64.2 Å². The number of nitrogens with one attached hydrogen (secondary N) is 2. The average Bonchev–Trinajstić information content (AvgIpc) is 3.84. The monoisotopic (exact) mass is 866 g/mol. The Hall–Kier alpha value is -7.86. The molecule has 1 fully saturated rings. The molecule has 8 aromatic rings. The quantitative estimate of drug-likeness (QED) is 0.114. The van der Waals surface area contributed by atoms with E-state index in [-0.39, 0.29) is 45.7 Å². The lowest BCUT2D eigenvalue weighted by atomic mass is 10.0. The molecule has 12 nitrogen and oxygen atoms in total. The van der Waals surface area contributed by atoms with E-state index in [0.29, 0.717) is 40.6 Å². The molecule has 2 aromatic heterocycles. The van der Waals surface area contributed by atoms with E-state index in [1.807, 2.05) is 140 Å². The minimum atomic E-state index is -0.349. The van der Waals surface area contributed by atoms with Gasteiger partial charge in [0.15, 0.2) is 23.1 Å². The fourth-order valence-corrected chi connectivity index (χ4v) is 8.38. The second-order valence-electron chi connectivity index (χ2n) is 15.9. The molecule has 2 heterocycles. The van der Waals surface area contributed by atoms with Crippen LogP contribution in [0.15, 0.2) is 143 Å². The van der Waals surface area contributed by atoms with Crippen LogP contribution >= 0.6 is 0 Å². The normalized spacial score (nSPS) is 12.4. The fourth-order valence-electron chi connectivity index (χ4n) is 8.38. The summed E-state index contributed by atoms with van der Waals surface area (Å²) < 4.78 is 14.5. The number of rotatable bonds is 12. The van der Waals surface area contributed by atoms with Gasteiger partial charge in [-0.3, -0.25) is 19.2 Å². The molecule has 0 unspecified atom stereocenters. The van der Waals surface area contributed by atoms with Crippen LogP contribution in [-0.2, 0) is 13.6 Å². The molecule has 2 N–H and O–H groups in total. The van der Waals surface area contributed by atoms with Crippen LogP contribution in [-0.4, -0.2) is 44.3 Å². The molecule has 9 rings (SSSR count). The van der Waals surface area contributed by atoms with Crippen LogP contribution in [0.25, 0.3) is 44.1 Å². The highest BCUT2D eigenvalue weighted by Gasteiger charge is 2.25. The summed E-state index contributed by atoms with van der Waals surface area (Å²) >= 11 is 0. The van der Waals surface area contributed by atoms with E-state index in [2.05, 4.69) is 20.8 Å². The van der Waals surface area contributed by atoms with Crippen LogP contribution in [0.5, 0.6) is 11.5 Å². The van der Waals surface area contributed by atoms with Gasteiger partial charge in [0.2, 0.25) is 0 Å². The molecule has 0 atom stereocenters. The van der Waals surface area contributed by atoms with Gasteiger partial charge in [-0.05, 0) is 87.6 Å². The number of aromatic nitrogens is 4. The number of anilines is 4. The number of benzene rings is 6. The van der Waals surface area contributed by atoms with Crippen LogP contribution in [0.4, 0.5) is 22.7 Å². The van der Waals surface area contributed by atoms with Crippen LogP contribution < -0.4 is 31.2 Å². The van der Waals surface area contributed by atoms with E-state index in [4.69, 9.17) is 9.47 Å². The molecule has 1 saturated carbocycles. The highest BCUT2D eigenvalue weighted by molar-refractivity contribution is 6.08. The number of hydrogen-bond acceptors (Lipinski definition) is 10. The molecule has 1 aliphatic carbocycles. The fraction of sp³-hybridized carbons (Fsp3) is 0.208. The van der Waals surface area contributed by atoms with Gasteiger partial charge in [-0.1, -0.05) is 103 Å². The van der Waals surface area contributed by atoms with Crippen molar-refractivity contribution in [3.05, 3.63) is 165 Å². The van der Waals surface area contributed by atoms with Crippen molar-refractivity contribution >= 4 is 55.9 Å². The largest absolute Gasteiger partial charge is 0.493 e. The van der Waals surface area contributed by atoms with E-state index >= 15 is 0 Å². The van der Waals surface area contributed by atoms with Crippen molar-refractivity contribution in [2.75, 3.05) is 17.7 Å². The van der Waals surface area contributed by atoms with E-state index in [1.54, 1.807) is 14.2 Å². The van der Waals surface area contributed by atoms with E-state index in [1.165, 1.54) is 23.2 Å². The number of aryl methyl sites for hydroxylation is 2. The summed E-state index contributed by atoms with van der Waals surface area (Å²) in [6.45, 7) is 5.13. The number of methoxy groups -OCH3 is 1. The summed E-state index contributed by atoms with van der Waals surface area (Å²) in [6, 6.07) is 42.4. The first-order valence-electron chi connectivity index (χ1n) is 21.7. The van der Waals surface area contributed by atoms with Gasteiger partial charge < -0.3 is 20.1 Å². The van der Waals surface area contributed by atoms with Gasteiger partial charge in [0, 0.05) is 46.9 Å². The van der Waals surface area contributed by atoms with Crippen molar-refractivity contribution in [2.45, 2.75) is 59.1 Å². The van der Waals surface area contributed by atoms with Crippen molar-refractivity contribution in [1.29, 1.82) is 0 Å². The maximum atomic E-state index is 13.5. The Morgan fingerprint density at radius 2 is 1.15 bits per heavy atom. The van der Waals surface area contributed by atoms with Gasteiger partial charge in [0.1, 0.15) is 22.8 Å². The molecule has 0 amide bonds. The average molecular weight is 867 g/mol. The number of Topliss-reactive ketones (excluding diaryl/α,β-unsaturated/α-hetero) is 2. The predicted octanol–water partition coefficient (Wildman–Crippen LogP) is 10.9. The third kappa shape index (κ3) is 9.15. The first-order chi connectivity index (χ1) is 31.6. The van der Waals surface area contributed by atoms with Gasteiger partial charge in [0.05, 0.1) is 24.3 Å². The number of carbonyl (C=O) groups is 2. The summed E-state index contributed by atoms with van der Waals surface area (Å²) in [4.78, 5) is 52.0. The molecule has 0 radical (unpaired) electrons. The Morgan fingerprint density at radius 3 is 1.71 bits per heavy atom. The van der Waals surface area contributed by atoms with Crippen molar-refractivity contribution in [1.82, 2.24) is 19.6 Å². The summed E-state index contributed by atoms with van der Waals surface area (Å²) in [5, 5.41) is 19.5. The Kier molecular flexibility index (Phi) is 13.0. The zero-order valence-corrected chi connectivity index (χ0v) is 37.1. The summed E-state index contributed by atoms with van der Waals surface area (Å²) in [7, 11) is 3.20. The van der Waals surface area contributed by atoms with Gasteiger partial charge in [-0.15, -0.1) is 0 Å². The van der Waals surface area contributed by atoms with Crippen molar-refractivity contribution < 1.29 is 19.1 Å². The summed E-state index contributed by atoms with van der Waals surface area (Å²) in [5.41, 5.74) is 4.19. The molecule has 12 heteroatoms. The molecule has 0 bridgehead atoms. The second kappa shape index (κ2) is 19.3. The molecule has 65 heavy (non-hydrogen) atoms. The molecular weight excluding hydrogens is 817 g/mol. The zero-order chi connectivity index (χ0) is 45.6. The van der Waals surface area contributed by atoms with E-state index in [9.17, 15) is 19.2 Å². The third-order valence-electron chi connectivity index (χ3n) is 11.6. The Bertz CT molecular complexity index is 3180. The van der Waals surface area contributed by atoms with Gasteiger partial charge in [0.25, 0.3) is 11.1 Å². The molecule has 328 valence electrons. The highest BCUT2D eigenvalue weighted by atomic mass is 16.5. The minimum absolute atomic E-state index is 0.137. The molecule has 1 aliphatic rings. The lowest BCUT2D eigenvalue weighted by molar-refractivity contribution is 0.101.